The van der Waals surface area contributed by atoms with Gasteiger partial charge >= 0.3 is 0 Å². The Labute approximate surface area is 344 Å². The van der Waals surface area contributed by atoms with Gasteiger partial charge in [-0.3, -0.25) is 4.57 Å². The maximum atomic E-state index is 5.23. The van der Waals surface area contributed by atoms with E-state index < -0.39 is 0 Å². The molecule has 1 aliphatic rings. The van der Waals surface area contributed by atoms with Gasteiger partial charge in [0, 0.05) is 38.2 Å². The molecule has 11 rings (SSSR count). The number of benzene rings is 7. The first kappa shape index (κ1) is 35.3. The summed E-state index contributed by atoms with van der Waals surface area (Å²) in [6.07, 6.45) is 1.14. The number of hydrogen-bond acceptors (Lipinski definition) is 3. The lowest BCUT2D eigenvalue weighted by Gasteiger charge is -2.47. The zero-order valence-corrected chi connectivity index (χ0v) is 34.1. The molecule has 0 fully saturated rings. The van der Waals surface area contributed by atoms with Gasteiger partial charge in [-0.25, -0.2) is 4.98 Å². The normalized spacial score (nSPS) is 15.9. The second kappa shape index (κ2) is 13.1. The summed E-state index contributed by atoms with van der Waals surface area (Å²) < 4.78 is 4.72. The topological polar surface area (TPSA) is 48.5 Å². The third-order valence-electron chi connectivity index (χ3n) is 13.3. The standard InChI is InChI=1S/C54H45N5/c1-34-33-53(2,3)49-40(26-18-27-43(49)54(34,4)5)37-23-12-15-28-44(37)58-45-29-16-13-24-38(45)41-31-42-39-25-14-17-30-46(39)59(48(42)32-47(41)58)52-56-50(35-19-8-6-9-20-35)55-51(57-52)36-21-10-7-11-22-36/h6-32,34H,33H2,1-5H3. The lowest BCUT2D eigenvalue weighted by molar-refractivity contribution is 0.234. The summed E-state index contributed by atoms with van der Waals surface area (Å²) in [7, 11) is 0. The van der Waals surface area contributed by atoms with Gasteiger partial charge in [0.2, 0.25) is 5.95 Å². The largest absolute Gasteiger partial charge is 0.309 e. The molecule has 10 aromatic rings. The lowest BCUT2D eigenvalue weighted by Crippen LogP contribution is -2.40. The molecule has 0 N–H and O–H groups in total. The lowest BCUT2D eigenvalue weighted by atomic mass is 9.57. The third kappa shape index (κ3) is 5.41. The molecule has 1 atom stereocenters. The molecule has 1 aliphatic carbocycles. The predicted molar refractivity (Wildman–Crippen MR) is 245 cm³/mol. The van der Waals surface area contributed by atoms with Crippen molar-refractivity contribution in [3.8, 4) is 45.5 Å². The molecule has 0 aliphatic heterocycles. The highest BCUT2D eigenvalue weighted by atomic mass is 15.2. The van der Waals surface area contributed by atoms with Gasteiger partial charge in [-0.15, -0.1) is 0 Å². The number of rotatable bonds is 5. The third-order valence-corrected chi connectivity index (χ3v) is 13.3. The Balaban J connectivity index is 1.22. The summed E-state index contributed by atoms with van der Waals surface area (Å²) in [4.78, 5) is 15.5. The van der Waals surface area contributed by atoms with Crippen LogP contribution < -0.4 is 0 Å². The second-order valence-electron chi connectivity index (χ2n) is 17.6. The summed E-state index contributed by atoms with van der Waals surface area (Å²) in [6, 6.07) is 58.6. The molecule has 3 heterocycles. The van der Waals surface area contributed by atoms with Crippen molar-refractivity contribution in [1.29, 1.82) is 0 Å². The van der Waals surface area contributed by atoms with E-state index in [1.807, 2.05) is 36.4 Å². The Morgan fingerprint density at radius 1 is 0.475 bits per heavy atom. The Kier molecular flexibility index (Phi) is 7.83. The van der Waals surface area contributed by atoms with Crippen molar-refractivity contribution in [2.75, 3.05) is 0 Å². The molecule has 0 bridgehead atoms. The van der Waals surface area contributed by atoms with E-state index in [2.05, 4.69) is 171 Å². The monoisotopic (exact) mass is 763 g/mol. The first-order valence-corrected chi connectivity index (χ1v) is 20.8. The minimum atomic E-state index is 0.0175. The number of aromatic nitrogens is 5. The van der Waals surface area contributed by atoms with Crippen LogP contribution in [0.15, 0.2) is 164 Å². The molecule has 59 heavy (non-hydrogen) atoms. The summed E-state index contributed by atoms with van der Waals surface area (Å²) in [5.74, 6) is 2.42. The van der Waals surface area contributed by atoms with E-state index in [0.717, 1.165) is 44.9 Å². The molecule has 0 spiro atoms. The van der Waals surface area contributed by atoms with Crippen molar-refractivity contribution in [3.05, 3.63) is 175 Å². The van der Waals surface area contributed by atoms with Gasteiger partial charge in [0.1, 0.15) is 0 Å². The smallest absolute Gasteiger partial charge is 0.238 e. The zero-order chi connectivity index (χ0) is 40.0. The van der Waals surface area contributed by atoms with E-state index >= 15 is 0 Å². The van der Waals surface area contributed by atoms with Crippen LogP contribution in [0.4, 0.5) is 0 Å². The maximum Gasteiger partial charge on any atom is 0.238 e. The van der Waals surface area contributed by atoms with Gasteiger partial charge in [-0.1, -0.05) is 168 Å². The molecule has 5 nitrogen and oxygen atoms in total. The quantitative estimate of drug-likeness (QED) is 0.175. The van der Waals surface area contributed by atoms with Crippen molar-refractivity contribution >= 4 is 43.6 Å². The molecule has 0 saturated carbocycles. The van der Waals surface area contributed by atoms with Crippen LogP contribution in [0.3, 0.4) is 0 Å². The van der Waals surface area contributed by atoms with E-state index in [1.54, 1.807) is 0 Å². The van der Waals surface area contributed by atoms with Gasteiger partial charge in [-0.05, 0) is 70.2 Å². The molecule has 0 amide bonds. The average Bonchev–Trinajstić information content (AvgIpc) is 3.77. The number of hydrogen-bond donors (Lipinski definition) is 0. The number of para-hydroxylation sites is 3. The van der Waals surface area contributed by atoms with Crippen LogP contribution in [0.2, 0.25) is 0 Å². The van der Waals surface area contributed by atoms with Crippen LogP contribution in [0.5, 0.6) is 0 Å². The molecular weight excluding hydrogens is 719 g/mol. The highest BCUT2D eigenvalue weighted by molar-refractivity contribution is 6.19. The molecule has 1 unspecified atom stereocenters. The van der Waals surface area contributed by atoms with Crippen LogP contribution in [-0.4, -0.2) is 24.1 Å². The Bertz CT molecular complexity index is 3200. The zero-order valence-electron chi connectivity index (χ0n) is 34.1. The van der Waals surface area contributed by atoms with E-state index in [9.17, 15) is 0 Å². The first-order chi connectivity index (χ1) is 28.7. The van der Waals surface area contributed by atoms with E-state index in [-0.39, 0.29) is 10.8 Å². The van der Waals surface area contributed by atoms with Crippen molar-refractivity contribution in [2.45, 2.75) is 51.9 Å². The molecule has 3 aromatic heterocycles. The molecule has 0 radical (unpaired) electrons. The molecule has 5 heteroatoms. The van der Waals surface area contributed by atoms with Gasteiger partial charge in [0.15, 0.2) is 11.6 Å². The SMILES string of the molecule is CC1CC(C)(C)c2c(-c3ccccc3-n3c4ccccc4c4cc5c6ccccc6n(-c6nc(-c7ccccc7)nc(-c7ccccc7)n6)c5cc43)cccc2C1(C)C. The number of fused-ring (bicyclic) bond motifs is 7. The van der Waals surface area contributed by atoms with Gasteiger partial charge in [-0.2, -0.15) is 9.97 Å². The van der Waals surface area contributed by atoms with E-state index in [1.165, 1.54) is 44.2 Å². The summed E-state index contributed by atoms with van der Waals surface area (Å²) >= 11 is 0. The summed E-state index contributed by atoms with van der Waals surface area (Å²) in [5.41, 5.74) is 13.0. The molecule has 0 saturated heterocycles. The fraction of sp³-hybridized carbons (Fsp3) is 0.167. The van der Waals surface area contributed by atoms with Gasteiger partial charge in [0.05, 0.1) is 27.8 Å². The van der Waals surface area contributed by atoms with Crippen molar-refractivity contribution < 1.29 is 0 Å². The van der Waals surface area contributed by atoms with E-state index in [4.69, 9.17) is 15.0 Å². The van der Waals surface area contributed by atoms with Crippen molar-refractivity contribution in [2.24, 2.45) is 5.92 Å². The van der Waals surface area contributed by atoms with Crippen LogP contribution in [0.25, 0.3) is 89.2 Å². The minimum Gasteiger partial charge on any atom is -0.309 e. The predicted octanol–water partition coefficient (Wildman–Crippen LogP) is 13.7. The summed E-state index contributed by atoms with van der Waals surface area (Å²) in [6.45, 7) is 12.2. The van der Waals surface area contributed by atoms with Crippen LogP contribution >= 0.6 is 0 Å². The highest BCUT2D eigenvalue weighted by Crippen LogP contribution is 2.53. The minimum absolute atomic E-state index is 0.0175. The maximum absolute atomic E-state index is 5.23. The Morgan fingerprint density at radius 2 is 1.00 bits per heavy atom. The number of nitrogens with zero attached hydrogens (tertiary/aromatic N) is 5. The van der Waals surface area contributed by atoms with Crippen molar-refractivity contribution in [3.63, 3.8) is 0 Å². The van der Waals surface area contributed by atoms with E-state index in [0.29, 0.717) is 23.5 Å². The second-order valence-corrected chi connectivity index (χ2v) is 17.6. The summed E-state index contributed by atoms with van der Waals surface area (Å²) in [5, 5.41) is 4.74. The Morgan fingerprint density at radius 3 is 1.64 bits per heavy atom. The highest BCUT2D eigenvalue weighted by Gasteiger charge is 2.43. The molecular formula is C54H45N5. The molecule has 286 valence electrons. The van der Waals surface area contributed by atoms with Gasteiger partial charge < -0.3 is 4.57 Å². The molecule has 7 aromatic carbocycles. The average molecular weight is 764 g/mol. The van der Waals surface area contributed by atoms with Crippen LogP contribution in [0.1, 0.15) is 52.2 Å². The van der Waals surface area contributed by atoms with Crippen LogP contribution in [0, 0.1) is 5.92 Å². The fourth-order valence-corrected chi connectivity index (χ4v) is 10.1. The fourth-order valence-electron chi connectivity index (χ4n) is 10.1. The first-order valence-electron chi connectivity index (χ1n) is 20.8. The van der Waals surface area contributed by atoms with Crippen molar-refractivity contribution in [1.82, 2.24) is 24.1 Å². The Hall–Kier alpha value is -6.85. The van der Waals surface area contributed by atoms with Crippen LogP contribution in [-0.2, 0) is 10.8 Å². The van der Waals surface area contributed by atoms with Gasteiger partial charge in [0.25, 0.3) is 0 Å².